The summed E-state index contributed by atoms with van der Waals surface area (Å²) in [6.45, 7) is 0.152. The van der Waals surface area contributed by atoms with Gasteiger partial charge < -0.3 is 10.1 Å². The SMILES string of the molecule is CNc1c(C)nc(S(=O)(=O)c2ccc(C)cc2)nc1OC(F)F. The summed E-state index contributed by atoms with van der Waals surface area (Å²) in [6.07, 6.45) is 0. The number of aryl methyl sites for hydroxylation is 2. The first-order chi connectivity index (χ1) is 10.8. The van der Waals surface area contributed by atoms with Gasteiger partial charge in [-0.2, -0.15) is 13.8 Å². The van der Waals surface area contributed by atoms with E-state index >= 15 is 0 Å². The summed E-state index contributed by atoms with van der Waals surface area (Å²) >= 11 is 0. The number of hydrogen-bond acceptors (Lipinski definition) is 6. The number of benzene rings is 1. The number of hydrogen-bond donors (Lipinski definition) is 1. The van der Waals surface area contributed by atoms with Gasteiger partial charge in [-0.05, 0) is 26.0 Å². The fourth-order valence-corrected chi connectivity index (χ4v) is 3.09. The highest BCUT2D eigenvalue weighted by molar-refractivity contribution is 7.91. The van der Waals surface area contributed by atoms with Crippen LogP contribution < -0.4 is 10.1 Å². The average Bonchev–Trinajstić information content (AvgIpc) is 2.46. The van der Waals surface area contributed by atoms with Gasteiger partial charge in [0.2, 0.25) is 15.7 Å². The van der Waals surface area contributed by atoms with Crippen molar-refractivity contribution in [1.29, 1.82) is 0 Å². The third-order valence-corrected chi connectivity index (χ3v) is 4.61. The van der Waals surface area contributed by atoms with Crippen molar-refractivity contribution in [3.63, 3.8) is 0 Å². The number of anilines is 1. The maximum Gasteiger partial charge on any atom is 0.388 e. The maximum atomic E-state index is 12.5. The van der Waals surface area contributed by atoms with Crippen LogP contribution >= 0.6 is 0 Å². The lowest BCUT2D eigenvalue weighted by molar-refractivity contribution is -0.0528. The Kier molecular flexibility index (Phi) is 4.79. The van der Waals surface area contributed by atoms with Crippen LogP contribution in [0.5, 0.6) is 5.88 Å². The summed E-state index contributed by atoms with van der Waals surface area (Å²) < 4.78 is 54.4. The van der Waals surface area contributed by atoms with Gasteiger partial charge in [-0.15, -0.1) is 0 Å². The van der Waals surface area contributed by atoms with Crippen molar-refractivity contribution >= 4 is 15.5 Å². The van der Waals surface area contributed by atoms with Crippen molar-refractivity contribution in [3.05, 3.63) is 35.5 Å². The molecule has 0 aliphatic rings. The molecule has 2 aromatic rings. The Hall–Kier alpha value is -2.29. The van der Waals surface area contributed by atoms with Gasteiger partial charge in [0, 0.05) is 7.05 Å². The van der Waals surface area contributed by atoms with E-state index < -0.39 is 27.5 Å². The second kappa shape index (κ2) is 6.45. The van der Waals surface area contributed by atoms with E-state index in [1.165, 1.54) is 26.1 Å². The summed E-state index contributed by atoms with van der Waals surface area (Å²) in [5, 5.41) is 2.03. The molecule has 0 atom stereocenters. The highest BCUT2D eigenvalue weighted by Crippen LogP contribution is 2.29. The van der Waals surface area contributed by atoms with Crippen LogP contribution in [0.3, 0.4) is 0 Å². The molecule has 1 N–H and O–H groups in total. The summed E-state index contributed by atoms with van der Waals surface area (Å²) in [5.41, 5.74) is 1.17. The van der Waals surface area contributed by atoms with E-state index in [4.69, 9.17) is 0 Å². The third-order valence-electron chi connectivity index (χ3n) is 3.06. The van der Waals surface area contributed by atoms with E-state index in [-0.39, 0.29) is 16.3 Å². The van der Waals surface area contributed by atoms with E-state index in [0.717, 1.165) is 5.56 Å². The minimum absolute atomic E-state index is 0.0253. The van der Waals surface area contributed by atoms with Crippen LogP contribution in [0.4, 0.5) is 14.5 Å². The molecule has 0 unspecified atom stereocenters. The topological polar surface area (TPSA) is 81.2 Å². The van der Waals surface area contributed by atoms with Crippen molar-refractivity contribution in [2.75, 3.05) is 12.4 Å². The highest BCUT2D eigenvalue weighted by atomic mass is 32.2. The molecule has 0 radical (unpaired) electrons. The van der Waals surface area contributed by atoms with Crippen molar-refractivity contribution in [1.82, 2.24) is 9.97 Å². The molecule has 0 fully saturated rings. The number of sulfone groups is 1. The van der Waals surface area contributed by atoms with Crippen molar-refractivity contribution in [3.8, 4) is 5.88 Å². The van der Waals surface area contributed by atoms with E-state index in [1.807, 2.05) is 6.92 Å². The first-order valence-corrected chi connectivity index (χ1v) is 8.07. The molecule has 0 bridgehead atoms. The zero-order valence-electron chi connectivity index (χ0n) is 12.7. The van der Waals surface area contributed by atoms with Gasteiger partial charge in [0.15, 0.2) is 0 Å². The molecule has 0 amide bonds. The largest absolute Gasteiger partial charge is 0.415 e. The molecule has 124 valence electrons. The zero-order chi connectivity index (χ0) is 17.2. The second-order valence-corrected chi connectivity index (χ2v) is 6.56. The van der Waals surface area contributed by atoms with Crippen LogP contribution in [0.15, 0.2) is 34.3 Å². The molecule has 0 saturated carbocycles. The Balaban J connectivity index is 2.58. The number of alkyl halides is 2. The van der Waals surface area contributed by atoms with Gasteiger partial charge in [0.25, 0.3) is 5.16 Å². The Morgan fingerprint density at radius 1 is 1.13 bits per heavy atom. The highest BCUT2D eigenvalue weighted by Gasteiger charge is 2.25. The Morgan fingerprint density at radius 3 is 2.26 bits per heavy atom. The molecule has 0 aliphatic carbocycles. The lowest BCUT2D eigenvalue weighted by atomic mass is 10.2. The molecule has 23 heavy (non-hydrogen) atoms. The Morgan fingerprint density at radius 2 is 1.74 bits per heavy atom. The van der Waals surface area contributed by atoms with E-state index in [1.54, 1.807) is 12.1 Å². The fraction of sp³-hybridized carbons (Fsp3) is 0.286. The van der Waals surface area contributed by atoms with Gasteiger partial charge in [0.1, 0.15) is 5.69 Å². The first kappa shape index (κ1) is 17.1. The average molecular weight is 343 g/mol. The lowest BCUT2D eigenvalue weighted by Crippen LogP contribution is -2.14. The molecular weight excluding hydrogens is 328 g/mol. The summed E-state index contributed by atoms with van der Waals surface area (Å²) in [4.78, 5) is 7.52. The number of nitrogens with one attached hydrogen (secondary N) is 1. The Labute approximate surface area is 132 Å². The van der Waals surface area contributed by atoms with Crippen LogP contribution in [0.25, 0.3) is 0 Å². The van der Waals surface area contributed by atoms with Crippen molar-refractivity contribution < 1.29 is 21.9 Å². The van der Waals surface area contributed by atoms with E-state index in [9.17, 15) is 17.2 Å². The smallest absolute Gasteiger partial charge is 0.388 e. The molecule has 0 saturated heterocycles. The van der Waals surface area contributed by atoms with Crippen LogP contribution in [-0.2, 0) is 9.84 Å². The number of aromatic nitrogens is 2. The second-order valence-electron chi connectivity index (χ2n) is 4.72. The Bertz CT molecular complexity index is 809. The molecule has 9 heteroatoms. The van der Waals surface area contributed by atoms with Crippen molar-refractivity contribution in [2.24, 2.45) is 0 Å². The predicted octanol–water partition coefficient (Wildman–Crippen LogP) is 2.57. The van der Waals surface area contributed by atoms with Gasteiger partial charge >= 0.3 is 6.61 Å². The quantitative estimate of drug-likeness (QED) is 0.841. The molecule has 1 heterocycles. The monoisotopic (exact) mass is 343 g/mol. The molecule has 0 spiro atoms. The lowest BCUT2D eigenvalue weighted by Gasteiger charge is -2.13. The molecule has 1 aromatic carbocycles. The minimum atomic E-state index is -4.04. The van der Waals surface area contributed by atoms with Crippen LogP contribution in [0.1, 0.15) is 11.3 Å². The van der Waals surface area contributed by atoms with E-state index in [0.29, 0.717) is 0 Å². The van der Waals surface area contributed by atoms with E-state index in [2.05, 4.69) is 20.0 Å². The van der Waals surface area contributed by atoms with Crippen LogP contribution in [0, 0.1) is 13.8 Å². The van der Waals surface area contributed by atoms with Gasteiger partial charge in [0.05, 0.1) is 10.6 Å². The molecule has 2 rings (SSSR count). The predicted molar refractivity (Wildman–Crippen MR) is 79.6 cm³/mol. The third kappa shape index (κ3) is 3.55. The molecular formula is C14H15F2N3O3S. The molecule has 1 aromatic heterocycles. The number of nitrogens with zero attached hydrogens (tertiary/aromatic N) is 2. The van der Waals surface area contributed by atoms with Gasteiger partial charge in [-0.1, -0.05) is 17.7 Å². The molecule has 0 aliphatic heterocycles. The number of ether oxygens (including phenoxy) is 1. The summed E-state index contributed by atoms with van der Waals surface area (Å²) in [6, 6.07) is 6.06. The van der Waals surface area contributed by atoms with Crippen molar-refractivity contribution in [2.45, 2.75) is 30.5 Å². The first-order valence-electron chi connectivity index (χ1n) is 6.58. The summed E-state index contributed by atoms with van der Waals surface area (Å²) in [5.74, 6) is -0.513. The van der Waals surface area contributed by atoms with Gasteiger partial charge in [-0.3, -0.25) is 0 Å². The van der Waals surface area contributed by atoms with Gasteiger partial charge in [-0.25, -0.2) is 13.4 Å². The number of rotatable bonds is 5. The standard InChI is InChI=1S/C14H15F2N3O3S/c1-8-4-6-10(7-5-8)23(20,21)14-18-9(2)11(17-3)12(19-14)22-13(15)16/h4-7,13,17H,1-3H3. The molecule has 6 nitrogen and oxygen atoms in total. The fourth-order valence-electron chi connectivity index (χ4n) is 1.92. The maximum absolute atomic E-state index is 12.5. The normalized spacial score (nSPS) is 11.6. The summed E-state index contributed by atoms with van der Waals surface area (Å²) in [7, 11) is -2.57. The van der Waals surface area contributed by atoms with Crippen LogP contribution in [-0.4, -0.2) is 32.0 Å². The van der Waals surface area contributed by atoms with Crippen LogP contribution in [0.2, 0.25) is 0 Å². The minimum Gasteiger partial charge on any atom is -0.415 e. The zero-order valence-corrected chi connectivity index (χ0v) is 13.5. The number of halogens is 2.